The molecule has 2 aromatic heterocycles. The number of thiophene rings is 1. The number of nitrogens with one attached hydrogen (secondary N) is 1. The number of aromatic nitrogens is 2. The van der Waals surface area contributed by atoms with Crippen LogP contribution in [0, 0.1) is 20.8 Å². The van der Waals surface area contributed by atoms with Gasteiger partial charge in [-0.05, 0) is 46.2 Å². The monoisotopic (exact) mass is 379 g/mol. The van der Waals surface area contributed by atoms with Crippen LogP contribution in [0.5, 0.6) is 0 Å². The lowest BCUT2D eigenvalue weighted by molar-refractivity contribution is -0.115. The summed E-state index contributed by atoms with van der Waals surface area (Å²) in [6.45, 7) is 9.50. The van der Waals surface area contributed by atoms with Crippen LogP contribution < -0.4 is 5.32 Å². The van der Waals surface area contributed by atoms with E-state index < -0.39 is 5.97 Å². The average molecular weight is 380 g/mol. The first-order valence-electron chi connectivity index (χ1n) is 7.86. The van der Waals surface area contributed by atoms with Crippen molar-refractivity contribution >= 4 is 40.0 Å². The van der Waals surface area contributed by atoms with E-state index in [-0.39, 0.29) is 11.2 Å². The third kappa shape index (κ3) is 4.79. The molecule has 0 aliphatic heterocycles. The fourth-order valence-corrected chi connectivity index (χ4v) is 4.03. The molecule has 0 aromatic carbocycles. The van der Waals surface area contributed by atoms with Crippen LogP contribution in [-0.4, -0.2) is 33.7 Å². The lowest BCUT2D eigenvalue weighted by Crippen LogP contribution is -2.23. The van der Waals surface area contributed by atoms with Crippen molar-refractivity contribution in [2.24, 2.45) is 0 Å². The molecule has 0 saturated heterocycles. The number of carbonyl (C=O) groups is 2. The van der Waals surface area contributed by atoms with Gasteiger partial charge in [0.15, 0.2) is 0 Å². The molecule has 0 radical (unpaired) electrons. The molecular weight excluding hydrogens is 358 g/mol. The van der Waals surface area contributed by atoms with Gasteiger partial charge in [0.05, 0.1) is 17.4 Å². The summed E-state index contributed by atoms with van der Waals surface area (Å²) in [7, 11) is 0. The van der Waals surface area contributed by atoms with Gasteiger partial charge in [-0.2, -0.15) is 0 Å². The molecule has 0 aliphatic rings. The fraction of sp³-hybridized carbons (Fsp3) is 0.412. The second-order valence-corrected chi connectivity index (χ2v) is 8.04. The zero-order valence-corrected chi connectivity index (χ0v) is 16.5. The van der Waals surface area contributed by atoms with E-state index in [2.05, 4.69) is 15.3 Å². The number of hydrogen-bond acceptors (Lipinski definition) is 7. The molecule has 0 bridgehead atoms. The number of thioether (sulfide) groups is 1. The Bertz CT molecular complexity index is 789. The summed E-state index contributed by atoms with van der Waals surface area (Å²) in [6.07, 6.45) is 1.48. The highest BCUT2D eigenvalue weighted by atomic mass is 32.2. The van der Waals surface area contributed by atoms with E-state index in [9.17, 15) is 9.59 Å². The Labute approximate surface area is 155 Å². The standard InChI is InChI=1S/C17H21N3O3S2/c1-6-23-17(22)14-10(3)11(4)25-16(14)20-15(21)12(5)24-13-7-9(2)18-8-19-13/h7-8,12H,6H2,1-5H3,(H,20,21). The quantitative estimate of drug-likeness (QED) is 0.468. The molecule has 134 valence electrons. The summed E-state index contributed by atoms with van der Waals surface area (Å²) < 4.78 is 5.11. The van der Waals surface area contributed by atoms with Gasteiger partial charge in [0, 0.05) is 10.6 Å². The van der Waals surface area contributed by atoms with Gasteiger partial charge in [0.2, 0.25) is 5.91 Å². The van der Waals surface area contributed by atoms with Crippen LogP contribution >= 0.6 is 23.1 Å². The van der Waals surface area contributed by atoms with Crippen LogP contribution in [0.25, 0.3) is 0 Å². The van der Waals surface area contributed by atoms with Crippen molar-refractivity contribution in [1.29, 1.82) is 0 Å². The Morgan fingerprint density at radius 1 is 1.32 bits per heavy atom. The molecule has 1 unspecified atom stereocenters. The lowest BCUT2D eigenvalue weighted by Gasteiger charge is -2.12. The van der Waals surface area contributed by atoms with Gasteiger partial charge < -0.3 is 10.1 Å². The minimum absolute atomic E-state index is 0.187. The molecule has 0 aliphatic carbocycles. The van der Waals surface area contributed by atoms with Crippen LogP contribution in [0.4, 0.5) is 5.00 Å². The van der Waals surface area contributed by atoms with Crippen molar-refractivity contribution in [2.75, 3.05) is 11.9 Å². The molecule has 1 amide bonds. The number of hydrogen-bond donors (Lipinski definition) is 1. The fourth-order valence-electron chi connectivity index (χ4n) is 2.11. The van der Waals surface area contributed by atoms with Crippen LogP contribution in [-0.2, 0) is 9.53 Å². The molecule has 0 spiro atoms. The molecule has 6 nitrogen and oxygen atoms in total. The summed E-state index contributed by atoms with van der Waals surface area (Å²) in [4.78, 5) is 33.9. The summed E-state index contributed by atoms with van der Waals surface area (Å²) in [5.41, 5.74) is 2.12. The van der Waals surface area contributed by atoms with E-state index >= 15 is 0 Å². The minimum atomic E-state index is -0.411. The van der Waals surface area contributed by atoms with Gasteiger partial charge in [-0.25, -0.2) is 14.8 Å². The highest BCUT2D eigenvalue weighted by Gasteiger charge is 2.24. The smallest absolute Gasteiger partial charge is 0.341 e. The summed E-state index contributed by atoms with van der Waals surface area (Å²) in [5.74, 6) is -0.598. The van der Waals surface area contributed by atoms with Crippen LogP contribution in [0.2, 0.25) is 0 Å². The predicted octanol–water partition coefficient (Wildman–Crippen LogP) is 3.76. The summed E-state index contributed by atoms with van der Waals surface area (Å²) in [5, 5.41) is 3.76. The maximum absolute atomic E-state index is 12.5. The second-order valence-electron chi connectivity index (χ2n) is 5.45. The Hall–Kier alpha value is -1.93. The van der Waals surface area contributed by atoms with Crippen molar-refractivity contribution in [3.63, 3.8) is 0 Å². The summed E-state index contributed by atoms with van der Waals surface area (Å²) in [6, 6.07) is 1.83. The Kier molecular flexibility index (Phi) is 6.55. The van der Waals surface area contributed by atoms with Gasteiger partial charge >= 0.3 is 5.97 Å². The highest BCUT2D eigenvalue weighted by Crippen LogP contribution is 2.34. The molecule has 2 aromatic rings. The maximum atomic E-state index is 12.5. The van der Waals surface area contributed by atoms with Gasteiger partial charge in [-0.1, -0.05) is 11.8 Å². The van der Waals surface area contributed by atoms with E-state index in [4.69, 9.17) is 4.74 Å². The number of anilines is 1. The molecule has 1 N–H and O–H groups in total. The normalized spacial score (nSPS) is 11.9. The number of ether oxygens (including phenoxy) is 1. The number of aryl methyl sites for hydroxylation is 2. The molecule has 0 fully saturated rings. The first kappa shape index (κ1) is 19.4. The number of carbonyl (C=O) groups excluding carboxylic acids is 2. The molecule has 25 heavy (non-hydrogen) atoms. The van der Waals surface area contributed by atoms with Crippen molar-refractivity contribution in [1.82, 2.24) is 9.97 Å². The maximum Gasteiger partial charge on any atom is 0.341 e. The lowest BCUT2D eigenvalue weighted by atomic mass is 10.1. The van der Waals surface area contributed by atoms with Crippen molar-refractivity contribution in [3.8, 4) is 0 Å². The third-order valence-corrected chi connectivity index (χ3v) is 5.70. The third-order valence-electron chi connectivity index (χ3n) is 3.55. The average Bonchev–Trinajstić information content (AvgIpc) is 2.81. The Morgan fingerprint density at radius 2 is 2.04 bits per heavy atom. The Balaban J connectivity index is 2.14. The molecule has 2 heterocycles. The zero-order chi connectivity index (χ0) is 18.6. The van der Waals surface area contributed by atoms with Gasteiger partial charge in [0.1, 0.15) is 16.4 Å². The minimum Gasteiger partial charge on any atom is -0.462 e. The van der Waals surface area contributed by atoms with Crippen LogP contribution in [0.1, 0.15) is 40.3 Å². The number of nitrogens with zero attached hydrogens (tertiary/aromatic N) is 2. The highest BCUT2D eigenvalue weighted by molar-refractivity contribution is 8.00. The molecular formula is C17H21N3O3S2. The van der Waals surface area contributed by atoms with Crippen molar-refractivity contribution < 1.29 is 14.3 Å². The largest absolute Gasteiger partial charge is 0.462 e. The van der Waals surface area contributed by atoms with E-state index in [0.717, 1.165) is 21.2 Å². The number of amides is 1. The summed E-state index contributed by atoms with van der Waals surface area (Å²) >= 11 is 2.73. The number of rotatable bonds is 6. The number of esters is 1. The topological polar surface area (TPSA) is 81.2 Å². The molecule has 0 saturated carbocycles. The van der Waals surface area contributed by atoms with E-state index in [0.29, 0.717) is 17.2 Å². The van der Waals surface area contributed by atoms with E-state index in [1.54, 1.807) is 13.8 Å². The molecule has 2 rings (SSSR count). The Morgan fingerprint density at radius 3 is 2.68 bits per heavy atom. The van der Waals surface area contributed by atoms with Crippen molar-refractivity contribution in [2.45, 2.75) is 44.9 Å². The first-order valence-corrected chi connectivity index (χ1v) is 9.56. The van der Waals surface area contributed by atoms with Crippen LogP contribution in [0.15, 0.2) is 17.4 Å². The first-order chi connectivity index (χ1) is 11.8. The van der Waals surface area contributed by atoms with E-state index in [1.165, 1.54) is 29.4 Å². The predicted molar refractivity (Wildman–Crippen MR) is 100 cm³/mol. The van der Waals surface area contributed by atoms with E-state index in [1.807, 2.05) is 26.8 Å². The van der Waals surface area contributed by atoms with Crippen LogP contribution in [0.3, 0.4) is 0 Å². The van der Waals surface area contributed by atoms with Crippen molar-refractivity contribution in [3.05, 3.63) is 34.1 Å². The second kappa shape index (κ2) is 8.44. The van der Waals surface area contributed by atoms with Gasteiger partial charge in [0.25, 0.3) is 0 Å². The van der Waals surface area contributed by atoms with Gasteiger partial charge in [-0.3, -0.25) is 4.79 Å². The SMILES string of the molecule is CCOC(=O)c1c(NC(=O)C(C)Sc2cc(C)ncn2)sc(C)c1C. The zero-order valence-electron chi connectivity index (χ0n) is 14.9. The molecule has 8 heteroatoms. The van der Waals surface area contributed by atoms with Gasteiger partial charge in [-0.15, -0.1) is 11.3 Å². The molecule has 1 atom stereocenters.